The molecule has 0 bridgehead atoms. The number of thioether (sulfide) groups is 1. The number of fused-ring (bicyclic) bond motifs is 3. The molecule has 0 saturated carbocycles. The molecule has 0 amide bonds. The molecule has 0 aliphatic rings. The topological polar surface area (TPSA) is 65.1 Å². The van der Waals surface area contributed by atoms with E-state index in [-0.39, 0.29) is 5.56 Å². The van der Waals surface area contributed by atoms with Gasteiger partial charge in [-0.25, -0.2) is 4.98 Å². The molecular formula is C19H19N5OS. The summed E-state index contributed by atoms with van der Waals surface area (Å²) in [6.45, 7) is 6.35. The lowest BCUT2D eigenvalue weighted by molar-refractivity contribution is 0.864. The van der Waals surface area contributed by atoms with Gasteiger partial charge in [-0.15, -0.1) is 5.10 Å². The van der Waals surface area contributed by atoms with Gasteiger partial charge in [0.15, 0.2) is 0 Å². The van der Waals surface area contributed by atoms with Crippen LogP contribution in [-0.2, 0) is 0 Å². The van der Waals surface area contributed by atoms with E-state index in [0.29, 0.717) is 27.8 Å². The lowest BCUT2D eigenvalue weighted by Gasteiger charge is -2.10. The second-order valence-corrected chi connectivity index (χ2v) is 7.56. The molecule has 4 aromatic rings. The maximum atomic E-state index is 13.0. The van der Waals surface area contributed by atoms with E-state index < -0.39 is 0 Å². The second kappa shape index (κ2) is 6.57. The van der Waals surface area contributed by atoms with Crippen molar-refractivity contribution in [2.45, 2.75) is 31.8 Å². The van der Waals surface area contributed by atoms with Crippen LogP contribution >= 0.6 is 11.8 Å². The Morgan fingerprint density at radius 2 is 1.92 bits per heavy atom. The molecular weight excluding hydrogens is 346 g/mol. The molecule has 3 aromatic heterocycles. The molecule has 1 aromatic carbocycles. The molecule has 0 fully saturated rings. The zero-order chi connectivity index (χ0) is 18.3. The van der Waals surface area contributed by atoms with Gasteiger partial charge in [-0.1, -0.05) is 44.7 Å². The normalized spacial score (nSPS) is 11.7. The molecule has 26 heavy (non-hydrogen) atoms. The monoisotopic (exact) mass is 365 g/mol. The van der Waals surface area contributed by atoms with Crippen LogP contribution in [0.1, 0.15) is 32.3 Å². The summed E-state index contributed by atoms with van der Waals surface area (Å²) in [5.41, 5.74) is 2.68. The molecule has 0 aliphatic heterocycles. The molecule has 0 saturated heterocycles. The fourth-order valence-corrected chi connectivity index (χ4v) is 3.46. The number of pyridine rings is 1. The molecule has 3 heterocycles. The number of hydrogen-bond acceptors (Lipinski definition) is 5. The van der Waals surface area contributed by atoms with E-state index in [2.05, 4.69) is 41.0 Å². The number of benzene rings is 1. The molecule has 0 spiro atoms. The summed E-state index contributed by atoms with van der Waals surface area (Å²) in [4.78, 5) is 21.7. The highest BCUT2D eigenvalue weighted by Gasteiger charge is 2.12. The minimum atomic E-state index is -0.116. The van der Waals surface area contributed by atoms with Crippen LogP contribution in [0.4, 0.5) is 0 Å². The molecule has 0 aliphatic carbocycles. The first-order valence-corrected chi connectivity index (χ1v) is 9.57. The Morgan fingerprint density at radius 1 is 1.15 bits per heavy atom. The average Bonchev–Trinajstić information content (AvgIpc) is 3.05. The summed E-state index contributed by atoms with van der Waals surface area (Å²) in [7, 11) is 0. The smallest absolute Gasteiger partial charge is 0.266 e. The Kier molecular flexibility index (Phi) is 4.24. The zero-order valence-corrected chi connectivity index (χ0v) is 15.7. The van der Waals surface area contributed by atoms with Crippen molar-refractivity contribution in [3.05, 3.63) is 58.6 Å². The maximum absolute atomic E-state index is 13.0. The van der Waals surface area contributed by atoms with Crippen molar-refractivity contribution in [1.29, 1.82) is 0 Å². The predicted octanol–water partition coefficient (Wildman–Crippen LogP) is 3.66. The van der Waals surface area contributed by atoms with Crippen LogP contribution in [0.3, 0.4) is 0 Å². The van der Waals surface area contributed by atoms with E-state index >= 15 is 0 Å². The van der Waals surface area contributed by atoms with Gasteiger partial charge in [0.2, 0.25) is 5.16 Å². The van der Waals surface area contributed by atoms with E-state index in [1.807, 2.05) is 25.1 Å². The Labute approximate surface area is 154 Å². The molecule has 7 heteroatoms. The van der Waals surface area contributed by atoms with Gasteiger partial charge < -0.3 is 0 Å². The van der Waals surface area contributed by atoms with Crippen LogP contribution in [0, 0.1) is 0 Å². The van der Waals surface area contributed by atoms with Crippen molar-refractivity contribution >= 4 is 28.4 Å². The largest absolute Gasteiger partial charge is 0.284 e. The highest BCUT2D eigenvalue weighted by molar-refractivity contribution is 7.99. The Hall–Kier alpha value is -2.67. The van der Waals surface area contributed by atoms with Gasteiger partial charge in [-0.2, -0.15) is 9.50 Å². The lowest BCUT2D eigenvalue weighted by atomic mass is 10.0. The summed E-state index contributed by atoms with van der Waals surface area (Å²) in [5, 5.41) is 5.65. The molecule has 132 valence electrons. The third-order valence-corrected chi connectivity index (χ3v) is 5.05. The van der Waals surface area contributed by atoms with E-state index in [4.69, 9.17) is 0 Å². The van der Waals surface area contributed by atoms with Crippen LogP contribution in [0.25, 0.3) is 22.4 Å². The minimum Gasteiger partial charge on any atom is -0.284 e. The third-order valence-electron chi connectivity index (χ3n) is 4.33. The minimum absolute atomic E-state index is 0.116. The van der Waals surface area contributed by atoms with E-state index in [1.165, 1.54) is 5.56 Å². The predicted molar refractivity (Wildman–Crippen MR) is 104 cm³/mol. The first-order valence-electron chi connectivity index (χ1n) is 8.58. The Morgan fingerprint density at radius 3 is 2.62 bits per heavy atom. The van der Waals surface area contributed by atoms with Crippen LogP contribution in [0.15, 0.2) is 52.7 Å². The molecule has 6 nitrogen and oxygen atoms in total. The van der Waals surface area contributed by atoms with Crippen LogP contribution < -0.4 is 5.56 Å². The number of hydrogen-bond donors (Lipinski definition) is 0. The first-order chi connectivity index (χ1) is 12.6. The molecule has 0 N–H and O–H groups in total. The molecule has 0 atom stereocenters. The molecule has 0 radical (unpaired) electrons. The summed E-state index contributed by atoms with van der Waals surface area (Å²) in [6, 6.07) is 9.95. The number of rotatable bonds is 4. The van der Waals surface area contributed by atoms with Gasteiger partial charge in [0.25, 0.3) is 11.3 Å². The Balaban J connectivity index is 1.86. The first kappa shape index (κ1) is 16.8. The van der Waals surface area contributed by atoms with Gasteiger partial charge in [0.1, 0.15) is 0 Å². The fourth-order valence-electron chi connectivity index (χ4n) is 2.91. The van der Waals surface area contributed by atoms with E-state index in [0.717, 1.165) is 11.4 Å². The zero-order valence-electron chi connectivity index (χ0n) is 14.9. The summed E-state index contributed by atoms with van der Waals surface area (Å²) in [5.74, 6) is 1.85. The highest BCUT2D eigenvalue weighted by atomic mass is 32.2. The van der Waals surface area contributed by atoms with Crippen LogP contribution in [-0.4, -0.2) is 29.9 Å². The van der Waals surface area contributed by atoms with Gasteiger partial charge in [0.05, 0.1) is 10.9 Å². The third kappa shape index (κ3) is 2.78. The standard InChI is InChI=1S/C19H19N5OS/c1-4-26-19-21-18-20-11-15-16(24(18)22-19)9-10-23(17(15)25)14-7-5-13(6-8-14)12(2)3/h5-12H,4H2,1-3H3. The van der Waals surface area contributed by atoms with Crippen LogP contribution in [0.5, 0.6) is 0 Å². The van der Waals surface area contributed by atoms with E-state index in [1.54, 1.807) is 33.2 Å². The lowest BCUT2D eigenvalue weighted by Crippen LogP contribution is -2.18. The van der Waals surface area contributed by atoms with Gasteiger partial charge in [0, 0.05) is 18.1 Å². The summed E-state index contributed by atoms with van der Waals surface area (Å²) in [6.07, 6.45) is 3.36. The van der Waals surface area contributed by atoms with Crippen molar-refractivity contribution in [3.8, 4) is 5.69 Å². The van der Waals surface area contributed by atoms with Gasteiger partial charge in [-0.05, 0) is 35.4 Å². The van der Waals surface area contributed by atoms with Crippen molar-refractivity contribution in [2.24, 2.45) is 0 Å². The average molecular weight is 365 g/mol. The molecule has 4 rings (SSSR count). The van der Waals surface area contributed by atoms with Gasteiger partial charge in [-0.3, -0.25) is 9.36 Å². The van der Waals surface area contributed by atoms with Crippen LogP contribution in [0.2, 0.25) is 0 Å². The number of aromatic nitrogens is 5. The van der Waals surface area contributed by atoms with Crippen molar-refractivity contribution < 1.29 is 0 Å². The fraction of sp³-hybridized carbons (Fsp3) is 0.263. The highest BCUT2D eigenvalue weighted by Crippen LogP contribution is 2.19. The maximum Gasteiger partial charge on any atom is 0.266 e. The Bertz CT molecular complexity index is 1140. The number of nitrogens with zero attached hydrogens (tertiary/aromatic N) is 5. The summed E-state index contributed by atoms with van der Waals surface area (Å²) < 4.78 is 3.28. The van der Waals surface area contributed by atoms with Crippen molar-refractivity contribution in [3.63, 3.8) is 0 Å². The van der Waals surface area contributed by atoms with Crippen molar-refractivity contribution in [2.75, 3.05) is 5.75 Å². The van der Waals surface area contributed by atoms with Crippen molar-refractivity contribution in [1.82, 2.24) is 24.1 Å². The summed E-state index contributed by atoms with van der Waals surface area (Å²) >= 11 is 1.55. The quantitative estimate of drug-likeness (QED) is 0.516. The van der Waals surface area contributed by atoms with Gasteiger partial charge >= 0.3 is 0 Å². The second-order valence-electron chi connectivity index (χ2n) is 6.33. The SMILES string of the molecule is CCSc1nc2ncc3c(=O)n(-c4ccc(C(C)C)cc4)ccc3n2n1. The van der Waals surface area contributed by atoms with E-state index in [9.17, 15) is 4.79 Å². The molecule has 0 unspecified atom stereocenters.